The third-order valence-electron chi connectivity index (χ3n) is 4.26. The fraction of sp³-hybridized carbons (Fsp3) is 0.136. The molecular weight excluding hydrogens is 386 g/mol. The van der Waals surface area contributed by atoms with Gasteiger partial charge in [-0.15, -0.1) is 6.58 Å². The third kappa shape index (κ3) is 4.57. The molecule has 1 aliphatic rings. The number of aromatic carboxylic acids is 1. The van der Waals surface area contributed by atoms with E-state index in [0.29, 0.717) is 15.8 Å². The van der Waals surface area contributed by atoms with Gasteiger partial charge < -0.3 is 10.0 Å². The number of rotatable bonds is 6. The SMILES string of the molecule is C=CCN1C(=O)/C(=C/c2ccc(N(C)C)cc2)SC1=Nc1ccccc1C(=O)O. The molecule has 0 spiro atoms. The molecule has 1 aliphatic heterocycles. The first-order valence-electron chi connectivity index (χ1n) is 8.91. The Morgan fingerprint density at radius 3 is 2.52 bits per heavy atom. The fourth-order valence-electron chi connectivity index (χ4n) is 2.76. The quantitative estimate of drug-likeness (QED) is 0.573. The van der Waals surface area contributed by atoms with Gasteiger partial charge in [0.2, 0.25) is 0 Å². The van der Waals surface area contributed by atoms with Crippen LogP contribution < -0.4 is 4.90 Å². The van der Waals surface area contributed by atoms with E-state index in [1.54, 1.807) is 24.3 Å². The summed E-state index contributed by atoms with van der Waals surface area (Å²) in [7, 11) is 3.93. The van der Waals surface area contributed by atoms with E-state index in [-0.39, 0.29) is 18.0 Å². The first-order valence-corrected chi connectivity index (χ1v) is 9.73. The molecule has 7 heteroatoms. The lowest BCUT2D eigenvalue weighted by molar-refractivity contribution is -0.121. The van der Waals surface area contributed by atoms with Crippen molar-refractivity contribution in [2.24, 2.45) is 4.99 Å². The molecule has 1 N–H and O–H groups in total. The first-order chi connectivity index (χ1) is 13.9. The number of carbonyl (C=O) groups excluding carboxylic acids is 1. The minimum absolute atomic E-state index is 0.0864. The zero-order chi connectivity index (χ0) is 21.0. The second-order valence-corrected chi connectivity index (χ2v) is 7.53. The highest BCUT2D eigenvalue weighted by Crippen LogP contribution is 2.35. The van der Waals surface area contributed by atoms with Gasteiger partial charge in [0, 0.05) is 26.3 Å². The van der Waals surface area contributed by atoms with Crippen molar-refractivity contribution in [2.45, 2.75) is 0 Å². The molecule has 148 valence electrons. The number of carboxylic acids is 1. The van der Waals surface area contributed by atoms with Crippen molar-refractivity contribution in [3.8, 4) is 0 Å². The highest BCUT2D eigenvalue weighted by molar-refractivity contribution is 8.18. The maximum atomic E-state index is 12.9. The van der Waals surface area contributed by atoms with Gasteiger partial charge in [-0.2, -0.15) is 0 Å². The van der Waals surface area contributed by atoms with E-state index in [1.165, 1.54) is 22.7 Å². The number of benzene rings is 2. The lowest BCUT2D eigenvalue weighted by Crippen LogP contribution is -2.29. The van der Waals surface area contributed by atoms with E-state index in [0.717, 1.165) is 11.3 Å². The Kier molecular flexibility index (Phi) is 6.19. The summed E-state index contributed by atoms with van der Waals surface area (Å²) in [5.74, 6) is -1.25. The molecule has 0 saturated carbocycles. The Morgan fingerprint density at radius 1 is 1.21 bits per heavy atom. The molecule has 0 radical (unpaired) electrons. The maximum absolute atomic E-state index is 12.9. The summed E-state index contributed by atoms with van der Waals surface area (Å²) >= 11 is 1.22. The number of aliphatic imine (C=N–C) groups is 1. The van der Waals surface area contributed by atoms with E-state index in [9.17, 15) is 14.7 Å². The van der Waals surface area contributed by atoms with E-state index in [2.05, 4.69) is 11.6 Å². The van der Waals surface area contributed by atoms with E-state index < -0.39 is 5.97 Å². The Bertz CT molecular complexity index is 1010. The minimum Gasteiger partial charge on any atom is -0.478 e. The molecule has 29 heavy (non-hydrogen) atoms. The summed E-state index contributed by atoms with van der Waals surface area (Å²) in [6.45, 7) is 3.99. The molecule has 0 aliphatic carbocycles. The zero-order valence-corrected chi connectivity index (χ0v) is 17.0. The number of carbonyl (C=O) groups is 2. The van der Waals surface area contributed by atoms with Crippen LogP contribution in [0.4, 0.5) is 11.4 Å². The number of para-hydroxylation sites is 1. The summed E-state index contributed by atoms with van der Waals surface area (Å²) in [4.78, 5) is 32.8. The van der Waals surface area contributed by atoms with Gasteiger partial charge in [-0.3, -0.25) is 9.69 Å². The minimum atomic E-state index is -1.06. The highest BCUT2D eigenvalue weighted by Gasteiger charge is 2.32. The van der Waals surface area contributed by atoms with Gasteiger partial charge >= 0.3 is 5.97 Å². The molecule has 1 amide bonds. The number of nitrogens with zero attached hydrogens (tertiary/aromatic N) is 3. The van der Waals surface area contributed by atoms with Crippen LogP contribution in [0.15, 0.2) is 71.1 Å². The average molecular weight is 407 g/mol. The van der Waals surface area contributed by atoms with Crippen molar-refractivity contribution in [3.63, 3.8) is 0 Å². The molecule has 1 saturated heterocycles. The molecule has 6 nitrogen and oxygen atoms in total. The van der Waals surface area contributed by atoms with Gasteiger partial charge in [0.15, 0.2) is 5.17 Å². The molecule has 3 rings (SSSR count). The molecular formula is C22H21N3O3S. The Balaban J connectivity index is 1.96. The van der Waals surface area contributed by atoms with Crippen molar-refractivity contribution >= 4 is 46.3 Å². The normalized spacial score (nSPS) is 16.5. The van der Waals surface area contributed by atoms with Crippen LogP contribution in [0.5, 0.6) is 0 Å². The average Bonchev–Trinajstić information content (AvgIpc) is 2.98. The zero-order valence-electron chi connectivity index (χ0n) is 16.2. The Hall–Kier alpha value is -3.32. The maximum Gasteiger partial charge on any atom is 0.337 e. The lowest BCUT2D eigenvalue weighted by atomic mass is 10.2. The summed E-state index contributed by atoms with van der Waals surface area (Å²) in [6, 6.07) is 14.3. The van der Waals surface area contributed by atoms with Crippen LogP contribution in [0.2, 0.25) is 0 Å². The van der Waals surface area contributed by atoms with Crippen LogP contribution >= 0.6 is 11.8 Å². The number of hydrogen-bond acceptors (Lipinski definition) is 5. The monoisotopic (exact) mass is 407 g/mol. The number of anilines is 1. The smallest absolute Gasteiger partial charge is 0.337 e. The van der Waals surface area contributed by atoms with E-state index in [1.807, 2.05) is 49.3 Å². The van der Waals surface area contributed by atoms with Crippen molar-refractivity contribution in [2.75, 3.05) is 25.5 Å². The lowest BCUT2D eigenvalue weighted by Gasteiger charge is -2.13. The third-order valence-corrected chi connectivity index (χ3v) is 5.26. The Labute approximate surface area is 173 Å². The second-order valence-electron chi connectivity index (χ2n) is 6.52. The first kappa shape index (κ1) is 20.4. The summed E-state index contributed by atoms with van der Waals surface area (Å²) < 4.78 is 0. The standard InChI is InChI=1S/C22H21N3O3S/c1-4-13-25-20(26)19(14-15-9-11-16(12-10-15)24(2)3)29-22(25)23-18-8-6-5-7-17(18)21(27)28/h4-12,14H,1,13H2,2-3H3,(H,27,28)/b19-14-,23-22?. The van der Waals surface area contributed by atoms with E-state index in [4.69, 9.17) is 0 Å². The van der Waals surface area contributed by atoms with Crippen LogP contribution in [0.25, 0.3) is 6.08 Å². The highest BCUT2D eigenvalue weighted by atomic mass is 32.2. The number of hydrogen-bond donors (Lipinski definition) is 1. The molecule has 0 aromatic heterocycles. The topological polar surface area (TPSA) is 73.2 Å². The number of amides is 1. The molecule has 0 bridgehead atoms. The van der Waals surface area contributed by atoms with Crippen LogP contribution in [0.1, 0.15) is 15.9 Å². The largest absolute Gasteiger partial charge is 0.478 e. The molecule has 0 atom stereocenters. The van der Waals surface area contributed by atoms with Crippen LogP contribution in [-0.2, 0) is 4.79 Å². The van der Waals surface area contributed by atoms with Gasteiger partial charge in [0.25, 0.3) is 5.91 Å². The summed E-state index contributed by atoms with van der Waals surface area (Å²) in [5, 5.41) is 9.81. The number of amidine groups is 1. The van der Waals surface area contributed by atoms with Crippen LogP contribution in [0, 0.1) is 0 Å². The Morgan fingerprint density at radius 2 is 1.90 bits per heavy atom. The van der Waals surface area contributed by atoms with Crippen LogP contribution in [0.3, 0.4) is 0 Å². The number of thioether (sulfide) groups is 1. The fourth-order valence-corrected chi connectivity index (χ4v) is 3.76. The second kappa shape index (κ2) is 8.79. The van der Waals surface area contributed by atoms with Crippen molar-refractivity contribution in [3.05, 3.63) is 77.2 Å². The van der Waals surface area contributed by atoms with Crippen molar-refractivity contribution in [1.82, 2.24) is 4.90 Å². The summed E-state index contributed by atoms with van der Waals surface area (Å²) in [6.07, 6.45) is 3.43. The van der Waals surface area contributed by atoms with Crippen LogP contribution in [-0.4, -0.2) is 47.7 Å². The molecule has 2 aromatic carbocycles. The van der Waals surface area contributed by atoms with Gasteiger partial charge in [0.05, 0.1) is 16.2 Å². The van der Waals surface area contributed by atoms with Gasteiger partial charge in [0.1, 0.15) is 0 Å². The summed E-state index contributed by atoms with van der Waals surface area (Å²) in [5.41, 5.74) is 2.36. The predicted octanol–water partition coefficient (Wildman–Crippen LogP) is 4.24. The molecule has 0 unspecified atom stereocenters. The van der Waals surface area contributed by atoms with E-state index >= 15 is 0 Å². The number of carboxylic acid groups (broad SMARTS) is 1. The van der Waals surface area contributed by atoms with Gasteiger partial charge in [-0.25, -0.2) is 9.79 Å². The van der Waals surface area contributed by atoms with Gasteiger partial charge in [-0.1, -0.05) is 30.3 Å². The van der Waals surface area contributed by atoms with Gasteiger partial charge in [-0.05, 0) is 47.7 Å². The molecule has 1 heterocycles. The molecule has 1 fully saturated rings. The molecule has 2 aromatic rings. The predicted molar refractivity (Wildman–Crippen MR) is 119 cm³/mol. The van der Waals surface area contributed by atoms with Crippen molar-refractivity contribution < 1.29 is 14.7 Å². The van der Waals surface area contributed by atoms with Crippen molar-refractivity contribution in [1.29, 1.82) is 0 Å².